The van der Waals surface area contributed by atoms with Crippen LogP contribution < -0.4 is 20.2 Å². The monoisotopic (exact) mass is 431 g/mol. The maximum absolute atomic E-state index is 11.7. The second-order valence-corrected chi connectivity index (χ2v) is 8.00. The smallest absolute Gasteiger partial charge is 0.374 e. The van der Waals surface area contributed by atoms with Crippen LogP contribution in [0.2, 0.25) is 0 Å². The number of methoxy groups -OCH3 is 2. The molecule has 6 heteroatoms. The number of fused-ring (bicyclic) bond motifs is 3. The molecule has 3 aromatic rings. The lowest BCUT2D eigenvalue weighted by atomic mass is 9.85. The fraction of sp³-hybridized carbons (Fsp3) is 0.269. The molecule has 1 atom stereocenters. The number of nitrogens with one attached hydrogen (secondary N) is 1. The third-order valence-corrected chi connectivity index (χ3v) is 6.05. The summed E-state index contributed by atoms with van der Waals surface area (Å²) in [5.41, 5.74) is 3.90. The number of aromatic amines is 1. The first-order valence-corrected chi connectivity index (χ1v) is 10.8. The number of allylic oxidation sites excluding steroid dienone is 1. The lowest BCUT2D eigenvalue weighted by Crippen LogP contribution is -2.23. The summed E-state index contributed by atoms with van der Waals surface area (Å²) < 4.78 is 21.6. The highest BCUT2D eigenvalue weighted by Crippen LogP contribution is 2.29. The van der Waals surface area contributed by atoms with Crippen LogP contribution in [0.5, 0.6) is 11.7 Å². The molecule has 0 saturated carbocycles. The van der Waals surface area contributed by atoms with Gasteiger partial charge in [-0.3, -0.25) is 0 Å². The highest BCUT2D eigenvalue weighted by Gasteiger charge is 2.25. The quantitative estimate of drug-likeness (QED) is 0.604. The minimum atomic E-state index is -0.533. The number of esters is 1. The minimum absolute atomic E-state index is 0.111. The Balaban J connectivity index is 1.52. The van der Waals surface area contributed by atoms with Gasteiger partial charge in [-0.2, -0.15) is 0 Å². The summed E-state index contributed by atoms with van der Waals surface area (Å²) >= 11 is 0. The molecule has 1 unspecified atom stereocenters. The van der Waals surface area contributed by atoms with Crippen LogP contribution in [0.15, 0.2) is 53.0 Å². The lowest BCUT2D eigenvalue weighted by molar-refractivity contribution is 0.0560. The Morgan fingerprint density at radius 1 is 1.16 bits per heavy atom. The number of aromatic nitrogens is 1. The van der Waals surface area contributed by atoms with E-state index in [2.05, 4.69) is 29.3 Å². The average Bonchev–Trinajstić information content (AvgIpc) is 3.46. The molecule has 164 valence electrons. The lowest BCUT2D eigenvalue weighted by Gasteiger charge is -2.20. The molecule has 2 heterocycles. The number of benzene rings is 1. The molecule has 1 N–H and O–H groups in total. The van der Waals surface area contributed by atoms with E-state index in [-0.39, 0.29) is 17.6 Å². The van der Waals surface area contributed by atoms with Gasteiger partial charge >= 0.3 is 5.97 Å². The third-order valence-electron chi connectivity index (χ3n) is 6.05. The van der Waals surface area contributed by atoms with Gasteiger partial charge in [-0.15, -0.1) is 0 Å². The zero-order valence-corrected chi connectivity index (χ0v) is 18.1. The number of carbonyl (C=O) groups is 1. The first-order valence-electron chi connectivity index (χ1n) is 10.8. The molecule has 32 heavy (non-hydrogen) atoms. The molecule has 0 radical (unpaired) electrons. The Bertz CT molecular complexity index is 1290. The van der Waals surface area contributed by atoms with Gasteiger partial charge in [0.2, 0.25) is 5.76 Å². The molecule has 1 aromatic carbocycles. The SMILES string of the molecule is COC(=O)c1ccc(OC2=c3[nH]c4c(c3C(Cc3ccc(OC)cc3)C=C2)CCCC=4)o1. The van der Waals surface area contributed by atoms with Gasteiger partial charge in [-0.05, 0) is 66.6 Å². The van der Waals surface area contributed by atoms with Gasteiger partial charge in [0.25, 0.3) is 5.95 Å². The number of hydrogen-bond donors (Lipinski definition) is 1. The number of rotatable bonds is 6. The van der Waals surface area contributed by atoms with E-state index in [1.807, 2.05) is 18.2 Å². The molecule has 0 bridgehead atoms. The van der Waals surface area contributed by atoms with Gasteiger partial charge in [-0.1, -0.05) is 24.3 Å². The van der Waals surface area contributed by atoms with Gasteiger partial charge in [0.15, 0.2) is 5.76 Å². The van der Waals surface area contributed by atoms with Crippen molar-refractivity contribution in [1.82, 2.24) is 4.98 Å². The average molecular weight is 431 g/mol. The second-order valence-electron chi connectivity index (χ2n) is 8.00. The first kappa shape index (κ1) is 20.2. The fourth-order valence-electron chi connectivity index (χ4n) is 4.49. The number of H-pyrrole nitrogens is 1. The molecule has 2 aliphatic rings. The third kappa shape index (κ3) is 3.73. The molecule has 0 aliphatic heterocycles. The largest absolute Gasteiger partial charge is 0.497 e. The summed E-state index contributed by atoms with van der Waals surface area (Å²) in [6.07, 6.45) is 10.6. The van der Waals surface area contributed by atoms with Crippen LogP contribution in [-0.2, 0) is 17.6 Å². The van der Waals surface area contributed by atoms with E-state index < -0.39 is 5.97 Å². The fourth-order valence-corrected chi connectivity index (χ4v) is 4.49. The summed E-state index contributed by atoms with van der Waals surface area (Å²) in [6.45, 7) is 0. The van der Waals surface area contributed by atoms with E-state index in [1.54, 1.807) is 19.2 Å². The molecule has 0 amide bonds. The van der Waals surface area contributed by atoms with Crippen LogP contribution in [-0.4, -0.2) is 25.2 Å². The van der Waals surface area contributed by atoms with Gasteiger partial charge in [0, 0.05) is 17.3 Å². The number of furan rings is 1. The zero-order valence-electron chi connectivity index (χ0n) is 18.1. The van der Waals surface area contributed by atoms with Crippen LogP contribution in [0.25, 0.3) is 11.8 Å². The summed E-state index contributed by atoms with van der Waals surface area (Å²) in [5, 5.41) is 2.16. The minimum Gasteiger partial charge on any atom is -0.497 e. The van der Waals surface area contributed by atoms with Crippen molar-refractivity contribution in [3.63, 3.8) is 0 Å². The van der Waals surface area contributed by atoms with E-state index in [1.165, 1.54) is 29.1 Å². The van der Waals surface area contributed by atoms with Crippen LogP contribution in [0.1, 0.15) is 46.0 Å². The Hall–Kier alpha value is -3.67. The predicted molar refractivity (Wildman–Crippen MR) is 120 cm³/mol. The first-order chi connectivity index (χ1) is 15.7. The van der Waals surface area contributed by atoms with Crippen LogP contribution in [0, 0.1) is 0 Å². The van der Waals surface area contributed by atoms with E-state index >= 15 is 0 Å². The summed E-state index contributed by atoms with van der Waals surface area (Å²) in [4.78, 5) is 15.3. The number of hydrogen-bond acceptors (Lipinski definition) is 5. The number of ether oxygens (including phenoxy) is 3. The second kappa shape index (κ2) is 8.46. The molecule has 2 aromatic heterocycles. The highest BCUT2D eigenvalue weighted by atomic mass is 16.6. The Kier molecular flexibility index (Phi) is 5.35. The highest BCUT2D eigenvalue weighted by molar-refractivity contribution is 5.86. The maximum atomic E-state index is 11.7. The van der Waals surface area contributed by atoms with Gasteiger partial charge in [-0.25, -0.2) is 4.79 Å². The molecule has 0 saturated heterocycles. The van der Waals surface area contributed by atoms with Crippen molar-refractivity contribution in [2.75, 3.05) is 14.2 Å². The topological polar surface area (TPSA) is 73.7 Å². The van der Waals surface area contributed by atoms with Gasteiger partial charge < -0.3 is 23.6 Å². The van der Waals surface area contributed by atoms with E-state index in [0.29, 0.717) is 5.76 Å². The van der Waals surface area contributed by atoms with Crippen molar-refractivity contribution in [1.29, 1.82) is 0 Å². The molecule has 5 rings (SSSR count). The van der Waals surface area contributed by atoms with E-state index in [9.17, 15) is 4.79 Å². The van der Waals surface area contributed by atoms with E-state index in [4.69, 9.17) is 18.6 Å². The Labute approximate surface area is 185 Å². The van der Waals surface area contributed by atoms with Crippen molar-refractivity contribution >= 4 is 17.8 Å². The van der Waals surface area contributed by atoms with Crippen LogP contribution >= 0.6 is 0 Å². The standard InChI is InChI=1S/C26H25NO5/c1-29-18-10-7-16(8-11-18)15-17-9-12-21(31-23-14-13-22(32-23)26(28)30-2)25-24(17)19-5-3-4-6-20(19)27-25/h6-14,17,27H,3-5,15H2,1-2H3. The summed E-state index contributed by atoms with van der Waals surface area (Å²) in [6, 6.07) is 11.4. The van der Waals surface area contributed by atoms with E-state index in [0.717, 1.165) is 36.8 Å². The number of carbonyl (C=O) groups excluding carboxylic acids is 1. The maximum Gasteiger partial charge on any atom is 0.374 e. The van der Waals surface area contributed by atoms with Crippen molar-refractivity contribution < 1.29 is 23.4 Å². The van der Waals surface area contributed by atoms with Gasteiger partial charge in [0.05, 0.1) is 19.6 Å². The normalized spacial score (nSPS) is 16.7. The molecule has 0 spiro atoms. The van der Waals surface area contributed by atoms with Crippen molar-refractivity contribution in [2.24, 2.45) is 0 Å². The molecule has 2 aliphatic carbocycles. The van der Waals surface area contributed by atoms with Crippen molar-refractivity contribution in [3.05, 3.63) is 81.7 Å². The van der Waals surface area contributed by atoms with Crippen LogP contribution in [0.3, 0.4) is 0 Å². The predicted octanol–water partition coefficient (Wildman–Crippen LogP) is 3.60. The summed E-state index contributed by atoms with van der Waals surface area (Å²) in [5.74, 6) is 1.60. The Morgan fingerprint density at radius 2 is 2.00 bits per heavy atom. The van der Waals surface area contributed by atoms with Crippen molar-refractivity contribution in [3.8, 4) is 11.7 Å². The summed E-state index contributed by atoms with van der Waals surface area (Å²) in [7, 11) is 3.00. The molecule has 6 nitrogen and oxygen atoms in total. The van der Waals surface area contributed by atoms with Crippen LogP contribution in [0.4, 0.5) is 0 Å². The zero-order chi connectivity index (χ0) is 22.1. The molecular formula is C26H25NO5. The molecular weight excluding hydrogens is 406 g/mol. The molecule has 0 fully saturated rings. The Morgan fingerprint density at radius 3 is 2.78 bits per heavy atom. The van der Waals surface area contributed by atoms with Gasteiger partial charge in [0.1, 0.15) is 5.75 Å². The van der Waals surface area contributed by atoms with Crippen molar-refractivity contribution in [2.45, 2.75) is 31.6 Å².